The molecule has 0 aliphatic heterocycles. The number of nitrogens with one attached hydrogen (secondary N) is 2. The van der Waals surface area contributed by atoms with Crippen LogP contribution in [0.1, 0.15) is 37.1 Å². The van der Waals surface area contributed by atoms with Crippen LogP contribution in [0.25, 0.3) is 0 Å². The van der Waals surface area contributed by atoms with Gasteiger partial charge in [-0.2, -0.15) is 0 Å². The summed E-state index contributed by atoms with van der Waals surface area (Å²) in [6, 6.07) is 10.5. The molecule has 0 bridgehead atoms. The van der Waals surface area contributed by atoms with Crippen LogP contribution in [0.15, 0.2) is 47.7 Å². The summed E-state index contributed by atoms with van der Waals surface area (Å²) < 4.78 is 7.49. The van der Waals surface area contributed by atoms with E-state index in [9.17, 15) is 0 Å². The van der Waals surface area contributed by atoms with Crippen LogP contribution < -0.4 is 10.6 Å². The average molecular weight is 511 g/mol. The third-order valence-corrected chi connectivity index (χ3v) is 5.74. The number of ether oxygens (including phenoxy) is 1. The highest BCUT2D eigenvalue weighted by Gasteiger charge is 2.36. The van der Waals surface area contributed by atoms with Gasteiger partial charge in [-0.3, -0.25) is 4.99 Å². The van der Waals surface area contributed by atoms with Crippen molar-refractivity contribution in [3.05, 3.63) is 54.1 Å². The largest absolute Gasteiger partial charge is 0.385 e. The molecule has 0 saturated heterocycles. The lowest BCUT2D eigenvalue weighted by Crippen LogP contribution is -2.47. The van der Waals surface area contributed by atoms with Crippen molar-refractivity contribution < 1.29 is 4.74 Å². The number of rotatable bonds is 10. The number of hydrogen-bond acceptors (Lipinski definition) is 3. The molecule has 160 valence electrons. The normalized spacial score (nSPS) is 15.3. The summed E-state index contributed by atoms with van der Waals surface area (Å²) in [6.45, 7) is 3.44. The van der Waals surface area contributed by atoms with Gasteiger partial charge in [0.1, 0.15) is 5.82 Å². The molecule has 29 heavy (non-hydrogen) atoms. The number of hydrogen-bond donors (Lipinski definition) is 2. The Morgan fingerprint density at radius 1 is 1.24 bits per heavy atom. The molecule has 1 aliphatic rings. The Morgan fingerprint density at radius 2 is 2.03 bits per heavy atom. The number of imidazole rings is 1. The molecule has 2 aromatic rings. The predicted octanol–water partition coefficient (Wildman–Crippen LogP) is 3.46. The number of aliphatic imine (C=N–C) groups is 1. The van der Waals surface area contributed by atoms with Crippen LogP contribution in [-0.4, -0.2) is 49.4 Å². The average Bonchev–Trinajstić information content (AvgIpc) is 3.13. The molecule has 6 nitrogen and oxygen atoms in total. The van der Waals surface area contributed by atoms with Crippen LogP contribution in [0.3, 0.4) is 0 Å². The molecule has 1 aromatic carbocycles. The summed E-state index contributed by atoms with van der Waals surface area (Å²) >= 11 is 0. The molecule has 0 unspecified atom stereocenters. The fourth-order valence-corrected chi connectivity index (χ4v) is 3.79. The van der Waals surface area contributed by atoms with Crippen LogP contribution >= 0.6 is 24.0 Å². The molecule has 1 fully saturated rings. The maximum absolute atomic E-state index is 5.28. The van der Waals surface area contributed by atoms with Gasteiger partial charge in [-0.05, 0) is 30.2 Å². The number of nitrogens with zero attached hydrogens (tertiary/aromatic N) is 3. The summed E-state index contributed by atoms with van der Waals surface area (Å²) in [7, 11) is 3.61. The minimum Gasteiger partial charge on any atom is -0.385 e. The van der Waals surface area contributed by atoms with E-state index >= 15 is 0 Å². The van der Waals surface area contributed by atoms with Crippen LogP contribution in [0.5, 0.6) is 0 Å². The van der Waals surface area contributed by atoms with Crippen molar-refractivity contribution in [1.82, 2.24) is 20.2 Å². The first-order valence-corrected chi connectivity index (χ1v) is 10.2. The van der Waals surface area contributed by atoms with Gasteiger partial charge in [0.15, 0.2) is 5.96 Å². The van der Waals surface area contributed by atoms with E-state index in [4.69, 9.17) is 4.74 Å². The number of aromatic nitrogens is 2. The molecule has 1 saturated carbocycles. The van der Waals surface area contributed by atoms with Crippen molar-refractivity contribution in [2.75, 3.05) is 33.9 Å². The Labute approximate surface area is 191 Å². The highest BCUT2D eigenvalue weighted by Crippen LogP contribution is 2.43. The Hall–Kier alpha value is -1.61. The molecule has 1 aromatic heterocycles. The molecule has 0 radical (unpaired) electrons. The second-order valence-corrected chi connectivity index (χ2v) is 7.66. The Morgan fingerprint density at radius 3 is 2.69 bits per heavy atom. The van der Waals surface area contributed by atoms with Crippen molar-refractivity contribution >= 4 is 29.9 Å². The van der Waals surface area contributed by atoms with Crippen LogP contribution in [0.4, 0.5) is 0 Å². The van der Waals surface area contributed by atoms with Crippen LogP contribution in [-0.2, 0) is 17.7 Å². The van der Waals surface area contributed by atoms with E-state index in [0.717, 1.165) is 50.9 Å². The summed E-state index contributed by atoms with van der Waals surface area (Å²) in [5.41, 5.74) is 1.66. The van der Waals surface area contributed by atoms with Crippen molar-refractivity contribution in [2.24, 2.45) is 10.4 Å². The van der Waals surface area contributed by atoms with Gasteiger partial charge >= 0.3 is 0 Å². The number of benzene rings is 1. The van der Waals surface area contributed by atoms with Crippen LogP contribution in [0, 0.1) is 5.41 Å². The number of methoxy groups -OCH3 is 1. The number of halogens is 1. The minimum absolute atomic E-state index is 0. The summed E-state index contributed by atoms with van der Waals surface area (Å²) in [4.78, 5) is 8.90. The van der Waals surface area contributed by atoms with Gasteiger partial charge in [-0.15, -0.1) is 24.0 Å². The Balaban J connectivity index is 0.00000300. The van der Waals surface area contributed by atoms with E-state index in [1.807, 2.05) is 25.5 Å². The van der Waals surface area contributed by atoms with E-state index < -0.39 is 0 Å². The van der Waals surface area contributed by atoms with Crippen molar-refractivity contribution in [3.63, 3.8) is 0 Å². The lowest BCUT2D eigenvalue weighted by molar-refractivity contribution is 0.0732. The van der Waals surface area contributed by atoms with Crippen LogP contribution in [0.2, 0.25) is 0 Å². The van der Waals surface area contributed by atoms with Crippen molar-refractivity contribution in [2.45, 2.75) is 38.6 Å². The topological polar surface area (TPSA) is 63.5 Å². The zero-order valence-corrected chi connectivity index (χ0v) is 19.9. The van der Waals surface area contributed by atoms with Gasteiger partial charge in [0.25, 0.3) is 0 Å². The van der Waals surface area contributed by atoms with Crippen molar-refractivity contribution in [1.29, 1.82) is 0 Å². The van der Waals surface area contributed by atoms with E-state index in [1.54, 1.807) is 7.11 Å². The molecule has 7 heteroatoms. The highest BCUT2D eigenvalue weighted by atomic mass is 127. The van der Waals surface area contributed by atoms with Gasteiger partial charge in [-0.25, -0.2) is 4.98 Å². The first kappa shape index (κ1) is 23.7. The smallest absolute Gasteiger partial charge is 0.191 e. The molecule has 2 N–H and O–H groups in total. The van der Waals surface area contributed by atoms with E-state index in [-0.39, 0.29) is 24.0 Å². The van der Waals surface area contributed by atoms with Crippen molar-refractivity contribution in [3.8, 4) is 0 Å². The third-order valence-electron chi connectivity index (χ3n) is 5.74. The molecule has 1 aliphatic carbocycles. The quantitative estimate of drug-likeness (QED) is 0.292. The number of guanidine groups is 1. The summed E-state index contributed by atoms with van der Waals surface area (Å²) in [6.07, 6.45) is 9.77. The van der Waals surface area contributed by atoms with Gasteiger partial charge in [0.05, 0.1) is 0 Å². The molecule has 0 amide bonds. The van der Waals surface area contributed by atoms with Gasteiger partial charge in [0, 0.05) is 59.2 Å². The highest BCUT2D eigenvalue weighted by molar-refractivity contribution is 14.0. The van der Waals surface area contributed by atoms with E-state index in [2.05, 4.69) is 49.4 Å². The maximum Gasteiger partial charge on any atom is 0.191 e. The summed E-state index contributed by atoms with van der Waals surface area (Å²) in [5, 5.41) is 6.94. The molecular weight excluding hydrogens is 477 g/mol. The molecular formula is C22H34IN5O. The fraction of sp³-hybridized carbons (Fsp3) is 0.545. The first-order chi connectivity index (χ1) is 13.7. The molecule has 3 rings (SSSR count). The minimum atomic E-state index is 0. The van der Waals surface area contributed by atoms with Gasteiger partial charge in [-0.1, -0.05) is 36.8 Å². The second kappa shape index (κ2) is 12.2. The SMILES string of the molecule is CN=C(NCCc1nccn1Cc1ccccc1)NCC1(CCOC)CCC1.I. The Kier molecular flexibility index (Phi) is 9.93. The Bertz CT molecular complexity index is 743. The van der Waals surface area contributed by atoms with Gasteiger partial charge < -0.3 is 19.9 Å². The third kappa shape index (κ3) is 6.99. The summed E-state index contributed by atoms with van der Waals surface area (Å²) in [5.74, 6) is 1.95. The second-order valence-electron chi connectivity index (χ2n) is 7.66. The molecule has 0 spiro atoms. The fourth-order valence-electron chi connectivity index (χ4n) is 3.79. The predicted molar refractivity (Wildman–Crippen MR) is 129 cm³/mol. The zero-order chi connectivity index (χ0) is 19.7. The lowest BCUT2D eigenvalue weighted by Gasteiger charge is -2.42. The standard InChI is InChI=1S/C22H33N5O.HI/c1-23-21(26-18-22(10-6-11-22)12-16-28-2)25-13-9-20-24-14-15-27(20)17-19-7-4-3-5-8-19;/h3-5,7-8,14-15H,6,9-13,16-18H2,1-2H3,(H2,23,25,26);1H. The van der Waals surface area contributed by atoms with E-state index in [0.29, 0.717) is 5.41 Å². The maximum atomic E-state index is 5.28. The molecule has 1 heterocycles. The first-order valence-electron chi connectivity index (χ1n) is 10.2. The van der Waals surface area contributed by atoms with E-state index in [1.165, 1.54) is 24.8 Å². The van der Waals surface area contributed by atoms with Gasteiger partial charge in [0.2, 0.25) is 0 Å². The lowest BCUT2D eigenvalue weighted by atomic mass is 9.67. The zero-order valence-electron chi connectivity index (χ0n) is 17.6. The monoisotopic (exact) mass is 511 g/mol. The molecule has 0 atom stereocenters.